The van der Waals surface area contributed by atoms with Crippen LogP contribution in [0, 0.1) is 6.92 Å². The van der Waals surface area contributed by atoms with E-state index in [2.05, 4.69) is 0 Å². The first kappa shape index (κ1) is 13.6. The molecule has 0 aromatic heterocycles. The number of likely N-dealkylation sites (N-methyl/N-ethyl adjacent to an activating group) is 1. The zero-order valence-corrected chi connectivity index (χ0v) is 11.4. The van der Waals surface area contributed by atoms with Crippen molar-refractivity contribution in [2.24, 2.45) is 0 Å². The van der Waals surface area contributed by atoms with Gasteiger partial charge in [-0.3, -0.25) is 9.59 Å². The second-order valence-corrected chi connectivity index (χ2v) is 4.86. The van der Waals surface area contributed by atoms with Gasteiger partial charge in [0.1, 0.15) is 5.75 Å². The van der Waals surface area contributed by atoms with Crippen LogP contribution in [0.4, 0.5) is 0 Å². The minimum absolute atomic E-state index is 0.00571. The zero-order valence-electron chi connectivity index (χ0n) is 11.4. The molecule has 2 rings (SSSR count). The molecule has 0 spiro atoms. The number of hydrogen-bond acceptors (Lipinski definition) is 3. The molecule has 0 aliphatic heterocycles. The summed E-state index contributed by atoms with van der Waals surface area (Å²) in [5.74, 6) is 0.461. The summed E-state index contributed by atoms with van der Waals surface area (Å²) < 4.78 is 5.48. The van der Waals surface area contributed by atoms with Crippen LogP contribution >= 0.6 is 0 Å². The van der Waals surface area contributed by atoms with E-state index in [0.717, 1.165) is 24.7 Å². The lowest BCUT2D eigenvalue weighted by molar-refractivity contribution is -0.133. The van der Waals surface area contributed by atoms with Crippen molar-refractivity contribution in [2.45, 2.75) is 32.7 Å². The van der Waals surface area contributed by atoms with E-state index in [1.54, 1.807) is 12.1 Å². The van der Waals surface area contributed by atoms with Crippen LogP contribution in [0.1, 0.15) is 35.7 Å². The van der Waals surface area contributed by atoms with Crippen LogP contribution in [0.2, 0.25) is 0 Å². The van der Waals surface area contributed by atoms with Crippen LogP contribution in [-0.2, 0) is 4.79 Å². The van der Waals surface area contributed by atoms with Crippen molar-refractivity contribution in [1.82, 2.24) is 4.90 Å². The minimum Gasteiger partial charge on any atom is -0.483 e. The van der Waals surface area contributed by atoms with Crippen molar-refractivity contribution < 1.29 is 14.3 Å². The van der Waals surface area contributed by atoms with Gasteiger partial charge in [-0.2, -0.15) is 0 Å². The van der Waals surface area contributed by atoms with E-state index in [1.807, 2.05) is 24.8 Å². The van der Waals surface area contributed by atoms with Crippen molar-refractivity contribution in [2.75, 3.05) is 13.2 Å². The van der Waals surface area contributed by atoms with Gasteiger partial charge in [-0.1, -0.05) is 11.6 Å². The van der Waals surface area contributed by atoms with Gasteiger partial charge in [0.05, 0.1) is 5.56 Å². The number of hydrogen-bond donors (Lipinski definition) is 0. The predicted molar refractivity (Wildman–Crippen MR) is 72.5 cm³/mol. The Morgan fingerprint density at radius 3 is 2.79 bits per heavy atom. The quantitative estimate of drug-likeness (QED) is 0.737. The Labute approximate surface area is 113 Å². The molecule has 0 bridgehead atoms. The smallest absolute Gasteiger partial charge is 0.260 e. The average molecular weight is 261 g/mol. The molecule has 0 saturated heterocycles. The third-order valence-corrected chi connectivity index (χ3v) is 3.29. The second kappa shape index (κ2) is 5.87. The molecule has 1 amide bonds. The molecule has 1 fully saturated rings. The number of aryl methyl sites for hydroxylation is 1. The lowest BCUT2D eigenvalue weighted by atomic mass is 10.1. The van der Waals surface area contributed by atoms with Crippen LogP contribution in [0.5, 0.6) is 5.75 Å². The van der Waals surface area contributed by atoms with Crippen LogP contribution in [0.3, 0.4) is 0 Å². The number of nitrogens with zero attached hydrogens (tertiary/aromatic N) is 1. The maximum atomic E-state index is 12.0. The van der Waals surface area contributed by atoms with Gasteiger partial charge in [-0.05, 0) is 38.8 Å². The van der Waals surface area contributed by atoms with E-state index in [4.69, 9.17) is 4.74 Å². The largest absolute Gasteiger partial charge is 0.483 e. The number of amides is 1. The molecule has 4 heteroatoms. The first-order chi connectivity index (χ1) is 9.15. The normalized spacial score (nSPS) is 14.0. The van der Waals surface area contributed by atoms with Crippen molar-refractivity contribution in [3.63, 3.8) is 0 Å². The van der Waals surface area contributed by atoms with Crippen LogP contribution in [-0.4, -0.2) is 36.3 Å². The summed E-state index contributed by atoms with van der Waals surface area (Å²) in [4.78, 5) is 24.8. The van der Waals surface area contributed by atoms with Gasteiger partial charge >= 0.3 is 0 Å². The molecule has 102 valence electrons. The highest BCUT2D eigenvalue weighted by Gasteiger charge is 2.31. The summed E-state index contributed by atoms with van der Waals surface area (Å²) in [5, 5.41) is 0. The molecule has 19 heavy (non-hydrogen) atoms. The van der Waals surface area contributed by atoms with Gasteiger partial charge in [0.2, 0.25) is 0 Å². The third kappa shape index (κ3) is 3.34. The van der Waals surface area contributed by atoms with Crippen LogP contribution in [0.25, 0.3) is 0 Å². The first-order valence-corrected chi connectivity index (χ1v) is 6.63. The lowest BCUT2D eigenvalue weighted by Crippen LogP contribution is -2.36. The van der Waals surface area contributed by atoms with Crippen LogP contribution in [0.15, 0.2) is 18.2 Å². The number of rotatable bonds is 6. The number of carbonyl (C=O) groups excluding carboxylic acids is 2. The SMILES string of the molecule is CCN(C(=O)COc1ccc(C)cc1C=O)C1CC1. The summed E-state index contributed by atoms with van der Waals surface area (Å²) >= 11 is 0. The maximum absolute atomic E-state index is 12.0. The summed E-state index contributed by atoms with van der Waals surface area (Å²) in [6.07, 6.45) is 2.93. The van der Waals surface area contributed by atoms with Crippen molar-refractivity contribution in [3.05, 3.63) is 29.3 Å². The molecule has 0 N–H and O–H groups in total. The highest BCUT2D eigenvalue weighted by molar-refractivity contribution is 5.81. The zero-order chi connectivity index (χ0) is 13.8. The highest BCUT2D eigenvalue weighted by Crippen LogP contribution is 2.26. The molecule has 1 aromatic carbocycles. The predicted octanol–water partition coefficient (Wildman–Crippen LogP) is 2.20. The lowest BCUT2D eigenvalue weighted by Gasteiger charge is -2.20. The topological polar surface area (TPSA) is 46.6 Å². The maximum Gasteiger partial charge on any atom is 0.260 e. The van der Waals surface area contributed by atoms with Gasteiger partial charge in [0.15, 0.2) is 12.9 Å². The van der Waals surface area contributed by atoms with E-state index in [-0.39, 0.29) is 12.5 Å². The van der Waals surface area contributed by atoms with E-state index in [9.17, 15) is 9.59 Å². The average Bonchev–Trinajstić information content (AvgIpc) is 3.22. The van der Waals surface area contributed by atoms with Crippen LogP contribution < -0.4 is 4.74 Å². The number of ether oxygens (including phenoxy) is 1. The Morgan fingerprint density at radius 2 is 2.21 bits per heavy atom. The van der Waals surface area contributed by atoms with E-state index in [0.29, 0.717) is 23.9 Å². The van der Waals surface area contributed by atoms with Crippen molar-refractivity contribution in [1.29, 1.82) is 0 Å². The first-order valence-electron chi connectivity index (χ1n) is 6.63. The number of aldehydes is 1. The molecule has 1 saturated carbocycles. The summed E-state index contributed by atoms with van der Waals surface area (Å²) in [7, 11) is 0. The minimum atomic E-state index is -0.0116. The molecule has 4 nitrogen and oxygen atoms in total. The summed E-state index contributed by atoms with van der Waals surface area (Å²) in [6.45, 7) is 4.59. The van der Waals surface area contributed by atoms with Gasteiger partial charge in [-0.25, -0.2) is 0 Å². The summed E-state index contributed by atoms with van der Waals surface area (Å²) in [5.41, 5.74) is 1.48. The van der Waals surface area contributed by atoms with E-state index < -0.39 is 0 Å². The molecule has 0 heterocycles. The molecule has 1 aliphatic rings. The Balaban J connectivity index is 1.98. The fourth-order valence-corrected chi connectivity index (χ4v) is 2.14. The van der Waals surface area contributed by atoms with Gasteiger partial charge in [-0.15, -0.1) is 0 Å². The molecule has 1 aliphatic carbocycles. The van der Waals surface area contributed by atoms with Gasteiger partial charge in [0.25, 0.3) is 5.91 Å². The number of carbonyl (C=O) groups is 2. The fourth-order valence-electron chi connectivity index (χ4n) is 2.14. The van der Waals surface area contributed by atoms with Crippen molar-refractivity contribution in [3.8, 4) is 5.75 Å². The van der Waals surface area contributed by atoms with E-state index in [1.165, 1.54) is 0 Å². The Morgan fingerprint density at radius 1 is 1.47 bits per heavy atom. The Kier molecular flexibility index (Phi) is 4.20. The Bertz CT molecular complexity index is 480. The van der Waals surface area contributed by atoms with Gasteiger partial charge < -0.3 is 9.64 Å². The monoisotopic (exact) mass is 261 g/mol. The third-order valence-electron chi connectivity index (χ3n) is 3.29. The molecule has 0 radical (unpaired) electrons. The molecular formula is C15H19NO3. The van der Waals surface area contributed by atoms with Crippen molar-refractivity contribution >= 4 is 12.2 Å². The summed E-state index contributed by atoms with van der Waals surface area (Å²) in [6, 6.07) is 5.75. The Hall–Kier alpha value is -1.84. The molecule has 0 unspecified atom stereocenters. The highest BCUT2D eigenvalue weighted by atomic mass is 16.5. The number of benzene rings is 1. The fraction of sp³-hybridized carbons (Fsp3) is 0.467. The standard InChI is InChI=1S/C15H19NO3/c1-3-16(13-5-6-13)15(18)10-19-14-7-4-11(2)8-12(14)9-17/h4,7-9,13H,3,5-6,10H2,1-2H3. The molecule has 0 atom stereocenters. The molecule has 1 aromatic rings. The van der Waals surface area contributed by atoms with E-state index >= 15 is 0 Å². The van der Waals surface area contributed by atoms with Gasteiger partial charge in [0, 0.05) is 12.6 Å². The second-order valence-electron chi connectivity index (χ2n) is 4.86. The molecular weight excluding hydrogens is 242 g/mol.